The van der Waals surface area contributed by atoms with Crippen LogP contribution in [0.1, 0.15) is 16.7 Å². The Balaban J connectivity index is 2.31. The van der Waals surface area contributed by atoms with E-state index >= 15 is 0 Å². The lowest BCUT2D eigenvalue weighted by Gasteiger charge is -2.11. The molecule has 0 unspecified atom stereocenters. The van der Waals surface area contributed by atoms with E-state index in [1.807, 2.05) is 31.2 Å². The molecule has 0 aliphatic rings. The number of hydrogen-bond acceptors (Lipinski definition) is 2. The molecule has 0 heterocycles. The molecular weight excluding hydrogens is 210 g/mol. The number of ether oxygens (including phenoxy) is 1. The molecule has 17 heavy (non-hydrogen) atoms. The molecule has 0 aliphatic carbocycles. The highest BCUT2D eigenvalue weighted by Gasteiger charge is 2.04. The maximum atomic E-state index is 5.89. The van der Waals surface area contributed by atoms with Crippen LogP contribution < -0.4 is 10.5 Å². The largest absolute Gasteiger partial charge is 0.457 e. The van der Waals surface area contributed by atoms with E-state index in [0.29, 0.717) is 0 Å². The highest BCUT2D eigenvalue weighted by Crippen LogP contribution is 2.29. The average Bonchev–Trinajstić information content (AvgIpc) is 2.25. The summed E-state index contributed by atoms with van der Waals surface area (Å²) in [5, 5.41) is 0. The Bertz CT molecular complexity index is 497. The Labute approximate surface area is 102 Å². The zero-order chi connectivity index (χ0) is 12.4. The summed E-state index contributed by atoms with van der Waals surface area (Å²) in [5.74, 6) is 1.75. The number of hydrogen-bond donors (Lipinski definition) is 1. The second-order valence-electron chi connectivity index (χ2n) is 4.40. The normalized spacial score (nSPS) is 10.3. The van der Waals surface area contributed by atoms with Gasteiger partial charge in [0.05, 0.1) is 0 Å². The second kappa shape index (κ2) is 4.50. The fraction of sp³-hybridized carbons (Fsp3) is 0.200. The van der Waals surface area contributed by atoms with Crippen LogP contribution in [-0.4, -0.2) is 0 Å². The van der Waals surface area contributed by atoms with Gasteiger partial charge in [0, 0.05) is 5.69 Å². The average molecular weight is 227 g/mol. The van der Waals surface area contributed by atoms with Crippen molar-refractivity contribution in [2.45, 2.75) is 20.8 Å². The predicted octanol–water partition coefficient (Wildman–Crippen LogP) is 3.99. The van der Waals surface area contributed by atoms with Crippen LogP contribution in [0.25, 0.3) is 0 Å². The van der Waals surface area contributed by atoms with Gasteiger partial charge in [0.15, 0.2) is 0 Å². The first-order valence-electron chi connectivity index (χ1n) is 5.67. The van der Waals surface area contributed by atoms with Gasteiger partial charge in [-0.1, -0.05) is 17.7 Å². The van der Waals surface area contributed by atoms with Crippen LogP contribution in [0.15, 0.2) is 36.4 Å². The summed E-state index contributed by atoms with van der Waals surface area (Å²) in [6.45, 7) is 6.12. The van der Waals surface area contributed by atoms with Crippen LogP contribution >= 0.6 is 0 Å². The van der Waals surface area contributed by atoms with Crippen molar-refractivity contribution in [1.82, 2.24) is 0 Å². The predicted molar refractivity (Wildman–Crippen MR) is 71.6 cm³/mol. The van der Waals surface area contributed by atoms with Gasteiger partial charge in [-0.3, -0.25) is 0 Å². The molecule has 0 aromatic heterocycles. The summed E-state index contributed by atoms with van der Waals surface area (Å²) in [5.41, 5.74) is 9.90. The van der Waals surface area contributed by atoms with Gasteiger partial charge in [0.2, 0.25) is 0 Å². The Morgan fingerprint density at radius 2 is 1.41 bits per heavy atom. The van der Waals surface area contributed by atoms with Crippen molar-refractivity contribution in [2.75, 3.05) is 5.73 Å². The minimum atomic E-state index is 0.760. The lowest BCUT2D eigenvalue weighted by atomic mass is 10.1. The van der Waals surface area contributed by atoms with Crippen molar-refractivity contribution >= 4 is 5.69 Å². The molecule has 2 rings (SSSR count). The molecule has 0 radical (unpaired) electrons. The van der Waals surface area contributed by atoms with Crippen molar-refractivity contribution in [3.05, 3.63) is 53.1 Å². The fourth-order valence-corrected chi connectivity index (χ4v) is 1.82. The molecule has 2 aromatic rings. The Morgan fingerprint density at radius 3 is 2.00 bits per heavy atom. The molecule has 88 valence electrons. The quantitative estimate of drug-likeness (QED) is 0.787. The van der Waals surface area contributed by atoms with Gasteiger partial charge in [0.1, 0.15) is 11.5 Å². The molecule has 0 atom stereocenters. The second-order valence-corrected chi connectivity index (χ2v) is 4.40. The summed E-state index contributed by atoms with van der Waals surface area (Å²) in [6.07, 6.45) is 0. The van der Waals surface area contributed by atoms with Crippen LogP contribution in [0.4, 0.5) is 5.69 Å². The number of rotatable bonds is 2. The third-order valence-electron chi connectivity index (χ3n) is 2.75. The molecule has 2 nitrogen and oxygen atoms in total. The molecule has 0 spiro atoms. The van der Waals surface area contributed by atoms with Crippen LogP contribution in [0.5, 0.6) is 11.5 Å². The third kappa shape index (κ3) is 2.59. The van der Waals surface area contributed by atoms with Crippen molar-refractivity contribution in [2.24, 2.45) is 0 Å². The van der Waals surface area contributed by atoms with E-state index < -0.39 is 0 Å². The van der Waals surface area contributed by atoms with Gasteiger partial charge in [-0.15, -0.1) is 0 Å². The van der Waals surface area contributed by atoms with Crippen LogP contribution in [-0.2, 0) is 0 Å². The molecule has 0 bridgehead atoms. The lowest BCUT2D eigenvalue weighted by Crippen LogP contribution is -1.92. The Kier molecular flexibility index (Phi) is 3.05. The number of nitrogens with two attached hydrogens (primary N) is 1. The van der Waals surface area contributed by atoms with Crippen LogP contribution in [0.3, 0.4) is 0 Å². The standard InChI is InChI=1S/C15H17NO/c1-10-4-6-14(11(2)8-10)17-15-7-5-13(16)9-12(15)3/h4-9H,16H2,1-3H3. The molecule has 2 heteroatoms. The Morgan fingerprint density at radius 1 is 0.824 bits per heavy atom. The monoisotopic (exact) mass is 227 g/mol. The van der Waals surface area contributed by atoms with E-state index in [2.05, 4.69) is 26.0 Å². The van der Waals surface area contributed by atoms with E-state index in [1.54, 1.807) is 0 Å². The van der Waals surface area contributed by atoms with Gasteiger partial charge < -0.3 is 10.5 Å². The van der Waals surface area contributed by atoms with Crippen LogP contribution in [0, 0.1) is 20.8 Å². The third-order valence-corrected chi connectivity index (χ3v) is 2.75. The molecule has 2 N–H and O–H groups in total. The zero-order valence-corrected chi connectivity index (χ0v) is 10.4. The summed E-state index contributed by atoms with van der Waals surface area (Å²) < 4.78 is 5.89. The van der Waals surface area contributed by atoms with Gasteiger partial charge in [-0.25, -0.2) is 0 Å². The molecule has 0 amide bonds. The summed E-state index contributed by atoms with van der Waals surface area (Å²) in [6, 6.07) is 11.8. The minimum absolute atomic E-state index is 0.760. The lowest BCUT2D eigenvalue weighted by molar-refractivity contribution is 0.475. The molecular formula is C15H17NO. The molecule has 0 aliphatic heterocycles. The van der Waals surface area contributed by atoms with Gasteiger partial charge in [-0.05, 0) is 56.2 Å². The minimum Gasteiger partial charge on any atom is -0.457 e. The zero-order valence-electron chi connectivity index (χ0n) is 10.4. The maximum Gasteiger partial charge on any atom is 0.130 e. The van der Waals surface area contributed by atoms with Gasteiger partial charge >= 0.3 is 0 Å². The fourth-order valence-electron chi connectivity index (χ4n) is 1.82. The number of nitrogen functional groups attached to an aromatic ring is 1. The number of benzene rings is 2. The van der Waals surface area contributed by atoms with E-state index in [9.17, 15) is 0 Å². The summed E-state index contributed by atoms with van der Waals surface area (Å²) in [4.78, 5) is 0. The molecule has 2 aromatic carbocycles. The molecule has 0 saturated heterocycles. The number of anilines is 1. The molecule has 0 saturated carbocycles. The molecule has 0 fully saturated rings. The van der Waals surface area contributed by atoms with Crippen molar-refractivity contribution in [3.63, 3.8) is 0 Å². The van der Waals surface area contributed by atoms with Gasteiger partial charge in [-0.2, -0.15) is 0 Å². The van der Waals surface area contributed by atoms with Gasteiger partial charge in [0.25, 0.3) is 0 Å². The summed E-state index contributed by atoms with van der Waals surface area (Å²) >= 11 is 0. The highest BCUT2D eigenvalue weighted by atomic mass is 16.5. The van der Waals surface area contributed by atoms with Crippen molar-refractivity contribution in [1.29, 1.82) is 0 Å². The van der Waals surface area contributed by atoms with Crippen molar-refractivity contribution < 1.29 is 4.74 Å². The topological polar surface area (TPSA) is 35.2 Å². The maximum absolute atomic E-state index is 5.89. The van der Waals surface area contributed by atoms with E-state index in [4.69, 9.17) is 10.5 Å². The van der Waals surface area contributed by atoms with E-state index in [0.717, 1.165) is 28.3 Å². The SMILES string of the molecule is Cc1ccc(Oc2ccc(N)cc2C)c(C)c1. The van der Waals surface area contributed by atoms with E-state index in [-0.39, 0.29) is 0 Å². The highest BCUT2D eigenvalue weighted by molar-refractivity contribution is 5.49. The first-order valence-corrected chi connectivity index (χ1v) is 5.67. The first-order chi connectivity index (χ1) is 8.06. The summed E-state index contributed by atoms with van der Waals surface area (Å²) in [7, 11) is 0. The number of aryl methyl sites for hydroxylation is 3. The van der Waals surface area contributed by atoms with E-state index in [1.165, 1.54) is 5.56 Å². The Hall–Kier alpha value is -1.96. The first kappa shape index (κ1) is 11.5. The van der Waals surface area contributed by atoms with Crippen molar-refractivity contribution in [3.8, 4) is 11.5 Å². The van der Waals surface area contributed by atoms with Crippen LogP contribution in [0.2, 0.25) is 0 Å². The smallest absolute Gasteiger partial charge is 0.130 e.